The van der Waals surface area contributed by atoms with Gasteiger partial charge in [0.1, 0.15) is 5.78 Å². The number of hydrogen-bond acceptors (Lipinski definition) is 3. The van der Waals surface area contributed by atoms with Crippen molar-refractivity contribution in [3.8, 4) is 0 Å². The maximum absolute atomic E-state index is 12.6. The second-order valence-corrected chi connectivity index (χ2v) is 10.1. The van der Waals surface area contributed by atoms with Crippen molar-refractivity contribution in [1.82, 2.24) is 4.72 Å². The van der Waals surface area contributed by atoms with Gasteiger partial charge >= 0.3 is 0 Å². The number of nitrogens with one attached hydrogen (secondary N) is 1. The van der Waals surface area contributed by atoms with Crippen LogP contribution in [0.1, 0.15) is 38.7 Å². The molecule has 0 aliphatic heterocycles. The van der Waals surface area contributed by atoms with Crippen molar-refractivity contribution in [3.05, 3.63) is 33.8 Å². The van der Waals surface area contributed by atoms with Gasteiger partial charge in [0.05, 0.1) is 5.75 Å². The van der Waals surface area contributed by atoms with Crippen molar-refractivity contribution in [3.63, 3.8) is 0 Å². The molecule has 7 heteroatoms. The Kier molecular flexibility index (Phi) is 4.53. The SMILES string of the molecule is CC1(C)[C@@H]2CC[C@@]1(CS(=O)(=O)NCc1ccc(Cl)cc1Cl)C(=O)C2. The van der Waals surface area contributed by atoms with Crippen molar-refractivity contribution in [1.29, 1.82) is 0 Å². The number of carbonyl (C=O) groups excluding carboxylic acids is 1. The summed E-state index contributed by atoms with van der Waals surface area (Å²) < 4.78 is 27.8. The first-order valence-electron chi connectivity index (χ1n) is 8.02. The van der Waals surface area contributed by atoms with E-state index in [0.29, 0.717) is 34.4 Å². The standard InChI is InChI=1S/C17H21Cl2NO3S/c1-16(2)12-5-6-17(16,15(21)7-12)10-24(22,23)20-9-11-3-4-13(18)8-14(11)19/h3-4,8,12,20H,5-7,9-10H2,1-2H3/t12-,17-/m1/s1. The Morgan fingerprint density at radius 3 is 2.54 bits per heavy atom. The van der Waals surface area contributed by atoms with Gasteiger partial charge in [-0.1, -0.05) is 43.1 Å². The summed E-state index contributed by atoms with van der Waals surface area (Å²) in [5.41, 5.74) is -0.368. The van der Waals surface area contributed by atoms with Crippen LogP contribution >= 0.6 is 23.2 Å². The third kappa shape index (κ3) is 2.90. The number of benzene rings is 1. The highest BCUT2D eigenvalue weighted by molar-refractivity contribution is 7.89. The lowest BCUT2D eigenvalue weighted by molar-refractivity contribution is -0.128. The lowest BCUT2D eigenvalue weighted by Gasteiger charge is -2.36. The smallest absolute Gasteiger partial charge is 0.212 e. The van der Waals surface area contributed by atoms with E-state index < -0.39 is 15.4 Å². The molecule has 132 valence electrons. The minimum Gasteiger partial charge on any atom is -0.299 e. The average Bonchev–Trinajstić information content (AvgIpc) is 2.80. The zero-order valence-electron chi connectivity index (χ0n) is 13.7. The molecule has 0 radical (unpaired) electrons. The molecule has 4 nitrogen and oxygen atoms in total. The van der Waals surface area contributed by atoms with Crippen LogP contribution < -0.4 is 4.72 Å². The molecule has 0 heterocycles. The highest BCUT2D eigenvalue weighted by Crippen LogP contribution is 2.64. The van der Waals surface area contributed by atoms with E-state index in [1.165, 1.54) is 0 Å². The van der Waals surface area contributed by atoms with E-state index in [2.05, 4.69) is 4.72 Å². The van der Waals surface area contributed by atoms with Crippen LogP contribution in [0.25, 0.3) is 0 Å². The van der Waals surface area contributed by atoms with E-state index in [0.717, 1.165) is 6.42 Å². The zero-order chi connectivity index (χ0) is 17.8. The number of rotatable bonds is 5. The molecule has 2 saturated carbocycles. The summed E-state index contributed by atoms with van der Waals surface area (Å²) in [6.45, 7) is 4.15. The van der Waals surface area contributed by atoms with Crippen LogP contribution in [-0.4, -0.2) is 20.0 Å². The molecule has 1 N–H and O–H groups in total. The average molecular weight is 390 g/mol. The molecule has 1 aromatic carbocycles. The lowest BCUT2D eigenvalue weighted by Crippen LogP contribution is -2.45. The van der Waals surface area contributed by atoms with E-state index in [1.54, 1.807) is 18.2 Å². The molecule has 3 rings (SSSR count). The fourth-order valence-corrected chi connectivity index (χ4v) is 6.62. The number of sulfonamides is 1. The van der Waals surface area contributed by atoms with E-state index in [4.69, 9.17) is 23.2 Å². The van der Waals surface area contributed by atoms with E-state index in [9.17, 15) is 13.2 Å². The maximum atomic E-state index is 12.6. The Bertz CT molecular complexity index is 791. The predicted octanol–water partition coefficient (Wildman–Crippen LogP) is 3.81. The Labute approximate surface area is 153 Å². The summed E-state index contributed by atoms with van der Waals surface area (Å²) >= 11 is 11.9. The first-order chi connectivity index (χ1) is 11.1. The second-order valence-electron chi connectivity index (χ2n) is 7.48. The van der Waals surface area contributed by atoms with Crippen molar-refractivity contribution in [2.45, 2.75) is 39.7 Å². The van der Waals surface area contributed by atoms with E-state index >= 15 is 0 Å². The first-order valence-corrected chi connectivity index (χ1v) is 10.4. The molecule has 24 heavy (non-hydrogen) atoms. The van der Waals surface area contributed by atoms with Gasteiger partial charge < -0.3 is 0 Å². The summed E-state index contributed by atoms with van der Waals surface area (Å²) in [4.78, 5) is 12.5. The van der Waals surface area contributed by atoms with Crippen molar-refractivity contribution in [2.24, 2.45) is 16.7 Å². The number of Topliss-reactive ketones (excluding diaryl/α,β-unsaturated/α-hetero) is 1. The molecular formula is C17H21Cl2NO3S. The largest absolute Gasteiger partial charge is 0.299 e. The molecule has 2 atom stereocenters. The Morgan fingerprint density at radius 1 is 1.29 bits per heavy atom. The van der Waals surface area contributed by atoms with Crippen molar-refractivity contribution in [2.75, 3.05) is 5.75 Å². The summed E-state index contributed by atoms with van der Waals surface area (Å²) in [5, 5.41) is 0.919. The molecule has 2 aliphatic carbocycles. The van der Waals surface area contributed by atoms with E-state index in [1.807, 2.05) is 13.8 Å². The van der Waals surface area contributed by atoms with Gasteiger partial charge in [0, 0.05) is 28.4 Å². The molecule has 2 bridgehead atoms. The van der Waals surface area contributed by atoms with Gasteiger partial charge in [-0.3, -0.25) is 4.79 Å². The van der Waals surface area contributed by atoms with Crippen LogP contribution in [0.2, 0.25) is 10.0 Å². The quantitative estimate of drug-likeness (QED) is 0.832. The maximum Gasteiger partial charge on any atom is 0.212 e. The Morgan fingerprint density at radius 2 is 2.00 bits per heavy atom. The lowest BCUT2D eigenvalue weighted by atomic mass is 9.70. The van der Waals surface area contributed by atoms with Crippen molar-refractivity contribution < 1.29 is 13.2 Å². The Balaban J connectivity index is 1.76. The predicted molar refractivity (Wildman–Crippen MR) is 95.7 cm³/mol. The molecule has 2 fully saturated rings. The molecule has 0 spiro atoms. The summed E-state index contributed by atoms with van der Waals surface area (Å²) in [5.74, 6) is 0.248. The van der Waals surface area contributed by atoms with Gasteiger partial charge in [0.15, 0.2) is 0 Å². The van der Waals surface area contributed by atoms with Gasteiger partial charge in [-0.15, -0.1) is 0 Å². The van der Waals surface area contributed by atoms with Gasteiger partial charge in [-0.05, 0) is 41.9 Å². The molecule has 0 saturated heterocycles. The monoisotopic (exact) mass is 389 g/mol. The third-order valence-corrected chi connectivity index (χ3v) is 8.12. The van der Waals surface area contributed by atoms with Crippen molar-refractivity contribution >= 4 is 39.0 Å². The van der Waals surface area contributed by atoms with Gasteiger partial charge in [0.2, 0.25) is 10.0 Å². The highest BCUT2D eigenvalue weighted by Gasteiger charge is 2.65. The first kappa shape index (κ1) is 18.2. The highest BCUT2D eigenvalue weighted by atomic mass is 35.5. The second kappa shape index (κ2) is 5.97. The van der Waals surface area contributed by atoms with Gasteiger partial charge in [-0.25, -0.2) is 13.1 Å². The number of carbonyl (C=O) groups is 1. The fraction of sp³-hybridized carbons (Fsp3) is 0.588. The molecule has 0 unspecified atom stereocenters. The molecule has 1 aromatic rings. The molecular weight excluding hydrogens is 369 g/mol. The number of fused-ring (bicyclic) bond motifs is 2. The minimum atomic E-state index is -3.60. The number of halogens is 2. The Hall–Kier alpha value is -0.620. The molecule has 2 aliphatic rings. The van der Waals surface area contributed by atoms with E-state index in [-0.39, 0.29) is 23.5 Å². The number of hydrogen-bond donors (Lipinski definition) is 1. The van der Waals surface area contributed by atoms with Crippen LogP contribution in [0.4, 0.5) is 0 Å². The van der Waals surface area contributed by atoms with Crippen LogP contribution in [0.5, 0.6) is 0 Å². The minimum absolute atomic E-state index is 0.0897. The summed E-state index contributed by atoms with van der Waals surface area (Å²) in [6, 6.07) is 4.94. The number of ketones is 1. The summed E-state index contributed by atoms with van der Waals surface area (Å²) in [7, 11) is -3.60. The molecule has 0 aromatic heterocycles. The van der Waals surface area contributed by atoms with Gasteiger partial charge in [-0.2, -0.15) is 0 Å². The topological polar surface area (TPSA) is 63.2 Å². The zero-order valence-corrected chi connectivity index (χ0v) is 16.1. The van der Waals surface area contributed by atoms with Crippen LogP contribution in [0.15, 0.2) is 18.2 Å². The fourth-order valence-electron chi connectivity index (χ4n) is 4.34. The normalized spacial score (nSPS) is 28.5. The van der Waals surface area contributed by atoms with Crippen LogP contribution in [0, 0.1) is 16.7 Å². The molecule has 0 amide bonds. The van der Waals surface area contributed by atoms with Gasteiger partial charge in [0.25, 0.3) is 0 Å². The summed E-state index contributed by atoms with van der Waals surface area (Å²) in [6.07, 6.45) is 2.09. The van der Waals surface area contributed by atoms with Crippen LogP contribution in [0.3, 0.4) is 0 Å². The van der Waals surface area contributed by atoms with Crippen LogP contribution in [-0.2, 0) is 21.4 Å². The third-order valence-electron chi connectivity index (χ3n) is 6.07.